The number of aromatic nitrogens is 2. The van der Waals surface area contributed by atoms with E-state index in [0.29, 0.717) is 23.9 Å². The average molecular weight is 278 g/mol. The van der Waals surface area contributed by atoms with E-state index in [1.54, 1.807) is 0 Å². The second-order valence-electron chi connectivity index (χ2n) is 6.65. The quantitative estimate of drug-likeness (QED) is 0.749. The summed E-state index contributed by atoms with van der Waals surface area (Å²) in [6.07, 6.45) is 2.26. The molecule has 0 aliphatic rings. The van der Waals surface area contributed by atoms with Crippen LogP contribution in [0.25, 0.3) is 0 Å². The van der Waals surface area contributed by atoms with Crippen LogP contribution < -0.4 is 10.6 Å². The summed E-state index contributed by atoms with van der Waals surface area (Å²) in [4.78, 5) is 0. The molecule has 1 aromatic rings. The van der Waals surface area contributed by atoms with Crippen LogP contribution in [0.4, 0.5) is 11.6 Å². The fraction of sp³-hybridized carbons (Fsp3) is 0.750. The van der Waals surface area contributed by atoms with Gasteiger partial charge in [-0.1, -0.05) is 27.7 Å². The van der Waals surface area contributed by atoms with Crippen molar-refractivity contribution >= 4 is 11.6 Å². The Morgan fingerprint density at radius 3 is 1.35 bits per heavy atom. The number of hydrogen-bond acceptors (Lipinski definition) is 4. The predicted molar refractivity (Wildman–Crippen MR) is 87.1 cm³/mol. The van der Waals surface area contributed by atoms with Crippen molar-refractivity contribution in [3.05, 3.63) is 12.1 Å². The third-order valence-corrected chi connectivity index (χ3v) is 3.10. The number of nitrogens with one attached hydrogen (secondary N) is 2. The van der Waals surface area contributed by atoms with E-state index in [2.05, 4.69) is 62.4 Å². The lowest BCUT2D eigenvalue weighted by Crippen LogP contribution is -2.20. The van der Waals surface area contributed by atoms with Crippen LogP contribution in [0.15, 0.2) is 12.1 Å². The Kier molecular flexibility index (Phi) is 6.76. The zero-order valence-corrected chi connectivity index (χ0v) is 13.8. The first-order chi connectivity index (χ1) is 9.36. The smallest absolute Gasteiger partial charge is 0.149 e. The van der Waals surface area contributed by atoms with Crippen LogP contribution in [0.3, 0.4) is 0 Å². The Morgan fingerprint density at radius 1 is 0.750 bits per heavy atom. The van der Waals surface area contributed by atoms with Gasteiger partial charge in [0.1, 0.15) is 11.6 Å². The van der Waals surface area contributed by atoms with Crippen LogP contribution in [-0.4, -0.2) is 22.3 Å². The van der Waals surface area contributed by atoms with E-state index in [1.807, 2.05) is 12.1 Å². The molecule has 0 saturated carbocycles. The lowest BCUT2D eigenvalue weighted by Gasteiger charge is -2.18. The first-order valence-corrected chi connectivity index (χ1v) is 7.73. The summed E-state index contributed by atoms with van der Waals surface area (Å²) in [5.41, 5.74) is 0. The van der Waals surface area contributed by atoms with Gasteiger partial charge in [-0.05, 0) is 50.7 Å². The summed E-state index contributed by atoms with van der Waals surface area (Å²) < 4.78 is 0. The first-order valence-electron chi connectivity index (χ1n) is 7.73. The molecule has 0 fully saturated rings. The summed E-state index contributed by atoms with van der Waals surface area (Å²) in [5.74, 6) is 3.06. The normalized spacial score (nSPS) is 14.4. The highest BCUT2D eigenvalue weighted by molar-refractivity contribution is 5.42. The van der Waals surface area contributed by atoms with Crippen molar-refractivity contribution in [2.45, 2.75) is 66.5 Å². The molecule has 0 aliphatic carbocycles. The Hall–Kier alpha value is -1.32. The van der Waals surface area contributed by atoms with E-state index in [4.69, 9.17) is 0 Å². The molecule has 1 aromatic heterocycles. The van der Waals surface area contributed by atoms with Crippen LogP contribution in [-0.2, 0) is 0 Å². The minimum atomic E-state index is 0.419. The maximum absolute atomic E-state index is 4.23. The number of nitrogens with zero attached hydrogens (tertiary/aromatic N) is 2. The van der Waals surface area contributed by atoms with Gasteiger partial charge in [-0.25, -0.2) is 0 Å². The van der Waals surface area contributed by atoms with E-state index in [1.165, 1.54) is 0 Å². The molecular formula is C16H30N4. The van der Waals surface area contributed by atoms with Crippen LogP contribution in [0.1, 0.15) is 54.4 Å². The van der Waals surface area contributed by atoms with Crippen LogP contribution in [0.5, 0.6) is 0 Å². The summed E-state index contributed by atoms with van der Waals surface area (Å²) in [6.45, 7) is 13.3. The van der Waals surface area contributed by atoms with E-state index >= 15 is 0 Å². The predicted octanol–water partition coefficient (Wildman–Crippen LogP) is 4.17. The fourth-order valence-corrected chi connectivity index (χ4v) is 2.52. The standard InChI is InChI=1S/C16H30N4/c1-11(2)9-13(5)17-15-7-8-16(20-19-15)18-14(6)10-12(3)4/h7-8,11-14H,9-10H2,1-6H3,(H,17,19)(H,18,20). The summed E-state index contributed by atoms with van der Waals surface area (Å²) in [6, 6.07) is 4.83. The highest BCUT2D eigenvalue weighted by Crippen LogP contribution is 2.13. The van der Waals surface area contributed by atoms with Gasteiger partial charge in [0.2, 0.25) is 0 Å². The third-order valence-electron chi connectivity index (χ3n) is 3.10. The van der Waals surface area contributed by atoms with Gasteiger partial charge in [-0.3, -0.25) is 0 Å². The van der Waals surface area contributed by atoms with Gasteiger partial charge in [-0.15, -0.1) is 10.2 Å². The van der Waals surface area contributed by atoms with Crippen molar-refractivity contribution in [2.24, 2.45) is 11.8 Å². The Morgan fingerprint density at radius 2 is 1.10 bits per heavy atom. The molecule has 0 saturated heterocycles. The zero-order chi connectivity index (χ0) is 15.1. The summed E-state index contributed by atoms with van der Waals surface area (Å²) in [5, 5.41) is 15.2. The molecule has 2 atom stereocenters. The maximum Gasteiger partial charge on any atom is 0.149 e. The highest BCUT2D eigenvalue weighted by atomic mass is 15.2. The molecule has 2 unspecified atom stereocenters. The lowest BCUT2D eigenvalue weighted by molar-refractivity contribution is 0.536. The average Bonchev–Trinajstić information content (AvgIpc) is 2.29. The van der Waals surface area contributed by atoms with Gasteiger partial charge in [0.25, 0.3) is 0 Å². The van der Waals surface area contributed by atoms with Crippen molar-refractivity contribution in [1.82, 2.24) is 10.2 Å². The molecule has 0 spiro atoms. The summed E-state index contributed by atoms with van der Waals surface area (Å²) in [7, 11) is 0. The number of rotatable bonds is 8. The van der Waals surface area contributed by atoms with Gasteiger partial charge in [-0.2, -0.15) is 0 Å². The lowest BCUT2D eigenvalue weighted by atomic mass is 10.1. The van der Waals surface area contributed by atoms with E-state index in [0.717, 1.165) is 24.5 Å². The molecule has 20 heavy (non-hydrogen) atoms. The van der Waals surface area contributed by atoms with Crippen LogP contribution >= 0.6 is 0 Å². The van der Waals surface area contributed by atoms with Crippen molar-refractivity contribution in [3.8, 4) is 0 Å². The van der Waals surface area contributed by atoms with Crippen molar-refractivity contribution in [1.29, 1.82) is 0 Å². The molecule has 4 heteroatoms. The first kappa shape index (κ1) is 16.7. The Labute approximate surface area is 123 Å². The molecule has 1 heterocycles. The summed E-state index contributed by atoms with van der Waals surface area (Å²) >= 11 is 0. The van der Waals surface area contributed by atoms with Gasteiger partial charge >= 0.3 is 0 Å². The third kappa shape index (κ3) is 6.73. The second kappa shape index (κ2) is 8.08. The van der Waals surface area contributed by atoms with Gasteiger partial charge < -0.3 is 10.6 Å². The minimum absolute atomic E-state index is 0.419. The maximum atomic E-state index is 4.23. The van der Waals surface area contributed by atoms with Crippen LogP contribution in [0, 0.1) is 11.8 Å². The Bertz CT molecular complexity index is 336. The number of anilines is 2. The van der Waals surface area contributed by atoms with Gasteiger partial charge in [0, 0.05) is 12.1 Å². The largest absolute Gasteiger partial charge is 0.366 e. The Balaban J connectivity index is 2.47. The molecule has 0 bridgehead atoms. The fourth-order valence-electron chi connectivity index (χ4n) is 2.52. The molecule has 0 radical (unpaired) electrons. The number of hydrogen-bond donors (Lipinski definition) is 2. The van der Waals surface area contributed by atoms with Gasteiger partial charge in [0.15, 0.2) is 0 Å². The molecule has 0 amide bonds. The SMILES string of the molecule is CC(C)CC(C)Nc1ccc(NC(C)CC(C)C)nn1. The molecule has 0 aliphatic heterocycles. The minimum Gasteiger partial charge on any atom is -0.366 e. The van der Waals surface area contributed by atoms with E-state index in [-0.39, 0.29) is 0 Å². The molecule has 4 nitrogen and oxygen atoms in total. The monoisotopic (exact) mass is 278 g/mol. The van der Waals surface area contributed by atoms with Crippen molar-refractivity contribution < 1.29 is 0 Å². The van der Waals surface area contributed by atoms with E-state index in [9.17, 15) is 0 Å². The molecule has 114 valence electrons. The zero-order valence-electron chi connectivity index (χ0n) is 13.8. The highest BCUT2D eigenvalue weighted by Gasteiger charge is 2.08. The molecule has 1 rings (SSSR count). The van der Waals surface area contributed by atoms with Crippen molar-refractivity contribution in [2.75, 3.05) is 10.6 Å². The van der Waals surface area contributed by atoms with Gasteiger partial charge in [0.05, 0.1) is 0 Å². The van der Waals surface area contributed by atoms with Crippen LogP contribution in [0.2, 0.25) is 0 Å². The molecule has 2 N–H and O–H groups in total. The van der Waals surface area contributed by atoms with Crippen molar-refractivity contribution in [3.63, 3.8) is 0 Å². The topological polar surface area (TPSA) is 49.8 Å². The molecule has 0 aromatic carbocycles. The van der Waals surface area contributed by atoms with E-state index < -0.39 is 0 Å². The second-order valence-corrected chi connectivity index (χ2v) is 6.65. The molecular weight excluding hydrogens is 248 g/mol.